The molecule has 26 heavy (non-hydrogen) atoms. The van der Waals surface area contributed by atoms with Crippen LogP contribution < -0.4 is 10.8 Å². The molecule has 136 valence electrons. The van der Waals surface area contributed by atoms with Crippen LogP contribution in [-0.4, -0.2) is 28.1 Å². The van der Waals surface area contributed by atoms with Crippen molar-refractivity contribution < 1.29 is 24.1 Å². The van der Waals surface area contributed by atoms with Crippen LogP contribution in [-0.2, 0) is 14.4 Å². The highest BCUT2D eigenvalue weighted by Gasteiger charge is 2.20. The molecule has 0 atom stereocenters. The molecule has 11 heteroatoms. The number of amides is 1. The highest BCUT2D eigenvalue weighted by Crippen LogP contribution is 2.30. The summed E-state index contributed by atoms with van der Waals surface area (Å²) < 4.78 is 0. The van der Waals surface area contributed by atoms with Crippen molar-refractivity contribution in [3.63, 3.8) is 0 Å². The van der Waals surface area contributed by atoms with Gasteiger partial charge in [0.05, 0.1) is 22.6 Å². The third-order valence-electron chi connectivity index (χ3n) is 3.07. The molecule has 0 unspecified atom stereocenters. The molecule has 0 aliphatic carbocycles. The van der Waals surface area contributed by atoms with Gasteiger partial charge in [-0.1, -0.05) is 12.1 Å². The number of nitro groups is 1. The summed E-state index contributed by atoms with van der Waals surface area (Å²) in [4.78, 5) is 53.1. The second kappa shape index (κ2) is 8.67. The lowest BCUT2D eigenvalue weighted by Crippen LogP contribution is -2.16. The molecule has 0 saturated heterocycles. The van der Waals surface area contributed by atoms with E-state index in [4.69, 9.17) is 4.84 Å². The van der Waals surface area contributed by atoms with Gasteiger partial charge in [-0.3, -0.25) is 20.2 Å². The van der Waals surface area contributed by atoms with Crippen molar-refractivity contribution in [1.29, 1.82) is 0 Å². The van der Waals surface area contributed by atoms with E-state index in [1.54, 1.807) is 12.1 Å². The molecule has 0 fully saturated rings. The average Bonchev–Trinajstić information content (AvgIpc) is 2.98. The molecule has 0 saturated carbocycles. The molecule has 0 spiro atoms. The number of hydrogen-bond acceptors (Lipinski definition) is 9. The van der Waals surface area contributed by atoms with Gasteiger partial charge >= 0.3 is 11.0 Å². The number of aromatic nitrogens is 1. The van der Waals surface area contributed by atoms with Gasteiger partial charge in [0.15, 0.2) is 5.13 Å². The number of nitrogens with zero attached hydrogens (tertiary/aromatic N) is 2. The zero-order valence-corrected chi connectivity index (χ0v) is 14.4. The maximum Gasteiger partial charge on any atom is 0.348 e. The maximum absolute atomic E-state index is 12.4. The predicted molar refractivity (Wildman–Crippen MR) is 92.9 cm³/mol. The second-order valence-electron chi connectivity index (χ2n) is 4.95. The number of para-hydroxylation sites is 1. The number of aryl methyl sites for hydroxylation is 1. The van der Waals surface area contributed by atoms with E-state index in [2.05, 4.69) is 15.8 Å². The van der Waals surface area contributed by atoms with Gasteiger partial charge in [0.1, 0.15) is 12.0 Å². The van der Waals surface area contributed by atoms with Crippen LogP contribution >= 0.6 is 11.3 Å². The summed E-state index contributed by atoms with van der Waals surface area (Å²) >= 11 is 0.743. The lowest BCUT2D eigenvalue weighted by Gasteiger charge is -2.10. The summed E-state index contributed by atoms with van der Waals surface area (Å²) in [6.07, 6.45) is 0.537. The summed E-state index contributed by atoms with van der Waals surface area (Å²) in [6, 6.07) is 6.21. The normalized spacial score (nSPS) is 10.0. The van der Waals surface area contributed by atoms with Crippen molar-refractivity contribution in [3.05, 3.63) is 45.6 Å². The number of nitrogens with one attached hydrogen (secondary N) is 2. The van der Waals surface area contributed by atoms with Gasteiger partial charge in [0.25, 0.3) is 5.91 Å². The number of rotatable bonds is 8. The first-order chi connectivity index (χ1) is 12.4. The van der Waals surface area contributed by atoms with Gasteiger partial charge in [0.2, 0.25) is 0 Å². The molecule has 1 amide bonds. The average molecular weight is 378 g/mol. The van der Waals surface area contributed by atoms with Crippen LogP contribution in [0.3, 0.4) is 0 Å². The number of anilines is 2. The molecule has 0 bridgehead atoms. The fraction of sp³-hybridized carbons (Fsp3) is 0.200. The molecule has 2 aromatic rings. The fourth-order valence-electron chi connectivity index (χ4n) is 1.89. The van der Waals surface area contributed by atoms with Crippen molar-refractivity contribution >= 4 is 45.3 Å². The fourth-order valence-corrected chi connectivity index (χ4v) is 2.66. The van der Waals surface area contributed by atoms with Crippen LogP contribution in [0.1, 0.15) is 28.9 Å². The summed E-state index contributed by atoms with van der Waals surface area (Å²) in [5.74, 6) is -1.24. The van der Waals surface area contributed by atoms with E-state index in [-0.39, 0.29) is 39.9 Å². The van der Waals surface area contributed by atoms with E-state index >= 15 is 0 Å². The molecular formula is C15H14N4O6S. The van der Waals surface area contributed by atoms with Crippen molar-refractivity contribution in [1.82, 2.24) is 4.98 Å². The first-order valence-corrected chi connectivity index (χ1v) is 8.15. The summed E-state index contributed by atoms with van der Waals surface area (Å²) in [5.41, 5.74) is 2.93. The number of carbonyl (C=O) groups is 3. The zero-order valence-electron chi connectivity index (χ0n) is 13.6. The lowest BCUT2D eigenvalue weighted by atomic mass is 10.2. The monoisotopic (exact) mass is 378 g/mol. The van der Waals surface area contributed by atoms with Gasteiger partial charge < -0.3 is 9.63 Å². The molecule has 0 aliphatic rings. The Labute approximate surface area is 151 Å². The van der Waals surface area contributed by atoms with Crippen molar-refractivity contribution in [2.45, 2.75) is 19.8 Å². The van der Waals surface area contributed by atoms with Gasteiger partial charge in [-0.05, 0) is 30.4 Å². The van der Waals surface area contributed by atoms with Crippen LogP contribution in [0.4, 0.5) is 15.8 Å². The van der Waals surface area contributed by atoms with Gasteiger partial charge in [-0.2, -0.15) is 0 Å². The van der Waals surface area contributed by atoms with Crippen molar-refractivity contribution in [3.8, 4) is 0 Å². The Morgan fingerprint density at radius 1 is 1.38 bits per heavy atom. The summed E-state index contributed by atoms with van der Waals surface area (Å²) in [6.45, 7) is 1.47. The van der Waals surface area contributed by atoms with E-state index in [9.17, 15) is 24.5 Å². The Hall–Kier alpha value is -3.34. The smallest absolute Gasteiger partial charge is 0.343 e. The minimum Gasteiger partial charge on any atom is -0.343 e. The van der Waals surface area contributed by atoms with Gasteiger partial charge in [-0.15, -0.1) is 0 Å². The third-order valence-corrected chi connectivity index (χ3v) is 4.10. The maximum atomic E-state index is 12.4. The quantitative estimate of drug-likeness (QED) is 0.405. The van der Waals surface area contributed by atoms with Crippen molar-refractivity contribution in [2.24, 2.45) is 0 Å². The highest BCUT2D eigenvalue weighted by atomic mass is 32.1. The van der Waals surface area contributed by atoms with E-state index < -0.39 is 16.8 Å². The van der Waals surface area contributed by atoms with E-state index in [1.165, 1.54) is 19.1 Å². The largest absolute Gasteiger partial charge is 0.348 e. The predicted octanol–water partition coefficient (Wildman–Crippen LogP) is 2.46. The molecule has 0 radical (unpaired) electrons. The summed E-state index contributed by atoms with van der Waals surface area (Å²) in [5, 5.41) is 13.2. The van der Waals surface area contributed by atoms with Crippen LogP contribution in [0.5, 0.6) is 0 Å². The molecular weight excluding hydrogens is 364 g/mol. The van der Waals surface area contributed by atoms with E-state index in [0.29, 0.717) is 6.29 Å². The standard InChI is InChI=1S/C15H14N4O6S/c1-9-14(19(23)24)26-15(16-9)17-13(22)10-5-2-3-6-11(10)18-25-12(21)7-4-8-20/h2-3,5-6,8,18H,4,7H2,1H3,(H,16,17,22). The topological polar surface area (TPSA) is 141 Å². The Morgan fingerprint density at radius 2 is 2.12 bits per heavy atom. The molecule has 2 rings (SSSR count). The Balaban J connectivity index is 2.09. The van der Waals surface area contributed by atoms with Crippen molar-refractivity contribution in [2.75, 3.05) is 10.8 Å². The Kier molecular flexibility index (Phi) is 6.33. The number of benzene rings is 1. The number of aldehydes is 1. The molecule has 10 nitrogen and oxygen atoms in total. The molecule has 1 aromatic heterocycles. The van der Waals surface area contributed by atoms with Crippen LogP contribution in [0.2, 0.25) is 0 Å². The van der Waals surface area contributed by atoms with Gasteiger partial charge in [-0.25, -0.2) is 15.3 Å². The number of hydrogen-bond donors (Lipinski definition) is 2. The second-order valence-corrected chi connectivity index (χ2v) is 5.93. The van der Waals surface area contributed by atoms with Crippen LogP contribution in [0.25, 0.3) is 0 Å². The molecule has 2 N–H and O–H groups in total. The third kappa shape index (κ3) is 4.83. The SMILES string of the molecule is Cc1nc(NC(=O)c2ccccc2NOC(=O)CCC=O)sc1[N+](=O)[O-]. The highest BCUT2D eigenvalue weighted by molar-refractivity contribution is 7.19. The number of carbonyl (C=O) groups excluding carboxylic acids is 3. The molecule has 1 heterocycles. The zero-order chi connectivity index (χ0) is 19.1. The van der Waals surface area contributed by atoms with E-state index in [1.807, 2.05) is 0 Å². The minimum atomic E-state index is -0.654. The first-order valence-electron chi connectivity index (χ1n) is 7.34. The van der Waals surface area contributed by atoms with Crippen LogP contribution in [0, 0.1) is 17.0 Å². The lowest BCUT2D eigenvalue weighted by molar-refractivity contribution is -0.380. The number of thiazole rings is 1. The Morgan fingerprint density at radius 3 is 2.77 bits per heavy atom. The van der Waals surface area contributed by atoms with Crippen LogP contribution in [0.15, 0.2) is 24.3 Å². The molecule has 1 aromatic carbocycles. The van der Waals surface area contributed by atoms with Gasteiger partial charge in [0, 0.05) is 6.42 Å². The first kappa shape index (κ1) is 19.0. The Bertz CT molecular complexity index is 850. The van der Waals surface area contributed by atoms with E-state index in [0.717, 1.165) is 11.3 Å². The molecule has 0 aliphatic heterocycles. The summed E-state index contributed by atoms with van der Waals surface area (Å²) in [7, 11) is 0. The minimum absolute atomic E-state index is 0.0326.